The van der Waals surface area contributed by atoms with Crippen LogP contribution in [-0.4, -0.2) is 9.04 Å². The van der Waals surface area contributed by atoms with E-state index in [0.29, 0.717) is 5.75 Å². The van der Waals surface area contributed by atoms with Crippen LogP contribution in [0.25, 0.3) is 11.1 Å². The first-order valence-corrected chi connectivity index (χ1v) is 16.8. The van der Waals surface area contributed by atoms with E-state index < -0.39 is 3.93 Å². The second-order valence-electron chi connectivity index (χ2n) is 5.76. The molecule has 0 amide bonds. The highest BCUT2D eigenvalue weighted by Crippen LogP contribution is 2.35. The maximum atomic E-state index is 9.84. The molecule has 0 bridgehead atoms. The Hall–Kier alpha value is -0.103. The Morgan fingerprint density at radius 2 is 1.65 bits per heavy atom. The third kappa shape index (κ3) is 6.37. The molecule has 2 rings (SSSR count). The zero-order valence-electron chi connectivity index (χ0n) is 13.2. The van der Waals surface area contributed by atoms with E-state index in [2.05, 4.69) is 77.1 Å². The third-order valence-corrected chi connectivity index (χ3v) is 8.29. The number of benzene rings is 2. The number of phenols is 1. The van der Waals surface area contributed by atoms with Gasteiger partial charge in [-0.3, -0.25) is 0 Å². The fourth-order valence-corrected chi connectivity index (χ4v) is 5.79. The number of halogens is 3. The monoisotopic (exact) mass is 518 g/mol. The summed E-state index contributed by atoms with van der Waals surface area (Å²) in [6.45, 7) is 2.20. The number of aryl methyl sites for hydroxylation is 2. The highest BCUT2D eigenvalue weighted by molar-refractivity contribution is 9.72. The molecule has 1 nitrogen and oxygen atoms in total. The summed E-state index contributed by atoms with van der Waals surface area (Å²) < 4.78 is -1.56. The smallest absolute Gasteiger partial charge is 0.267 e. The maximum absolute atomic E-state index is 9.84. The third-order valence-electron chi connectivity index (χ3n) is 3.80. The van der Waals surface area contributed by atoms with Gasteiger partial charge in [0.05, 0.1) is 0 Å². The summed E-state index contributed by atoms with van der Waals surface area (Å²) in [7, 11) is 0. The van der Waals surface area contributed by atoms with Crippen LogP contribution in [0.2, 0.25) is 6.04 Å². The van der Waals surface area contributed by atoms with Crippen molar-refractivity contribution >= 4 is 49.8 Å². The SMILES string of the molecule is CCCc1ccc(-c2ccc(O)cc2CCC[Si](Br)(Br)Br)cc1. The van der Waals surface area contributed by atoms with Crippen LogP contribution in [-0.2, 0) is 12.8 Å². The van der Waals surface area contributed by atoms with Gasteiger partial charge in [-0.15, -0.1) is 0 Å². The number of rotatable bonds is 7. The fourth-order valence-electron chi connectivity index (χ4n) is 2.69. The molecule has 0 fully saturated rings. The molecule has 0 aliphatic rings. The van der Waals surface area contributed by atoms with Gasteiger partial charge in [0.15, 0.2) is 0 Å². The van der Waals surface area contributed by atoms with Crippen LogP contribution in [0, 0.1) is 0 Å². The molecule has 5 heteroatoms. The van der Waals surface area contributed by atoms with Gasteiger partial charge in [-0.05, 0) is 59.7 Å². The van der Waals surface area contributed by atoms with E-state index in [-0.39, 0.29) is 0 Å². The molecule has 0 aliphatic carbocycles. The van der Waals surface area contributed by atoms with Crippen molar-refractivity contribution in [3.63, 3.8) is 0 Å². The van der Waals surface area contributed by atoms with Gasteiger partial charge in [-0.1, -0.05) is 89.6 Å². The van der Waals surface area contributed by atoms with Gasteiger partial charge in [-0.2, -0.15) is 0 Å². The predicted octanol–water partition coefficient (Wildman–Crippen LogP) is 7.07. The topological polar surface area (TPSA) is 20.2 Å². The summed E-state index contributed by atoms with van der Waals surface area (Å²) >= 11 is 11.0. The molecule has 2 aromatic rings. The lowest BCUT2D eigenvalue weighted by Gasteiger charge is -2.13. The Morgan fingerprint density at radius 3 is 2.26 bits per heavy atom. The number of hydrogen-bond donors (Lipinski definition) is 1. The van der Waals surface area contributed by atoms with Crippen molar-refractivity contribution in [3.8, 4) is 16.9 Å². The molecular formula is C18H21Br3OSi. The Bertz CT molecular complexity index is 636. The van der Waals surface area contributed by atoms with Crippen molar-refractivity contribution in [3.05, 3.63) is 53.6 Å². The predicted molar refractivity (Wildman–Crippen MR) is 113 cm³/mol. The van der Waals surface area contributed by atoms with Crippen LogP contribution < -0.4 is 0 Å². The second kappa shape index (κ2) is 8.84. The number of aromatic hydroxyl groups is 1. The van der Waals surface area contributed by atoms with Gasteiger partial charge < -0.3 is 5.11 Å². The van der Waals surface area contributed by atoms with E-state index in [1.54, 1.807) is 6.07 Å². The van der Waals surface area contributed by atoms with E-state index in [0.717, 1.165) is 25.3 Å². The molecule has 23 heavy (non-hydrogen) atoms. The molecule has 0 aliphatic heterocycles. The summed E-state index contributed by atoms with van der Waals surface area (Å²) in [4.78, 5) is 0. The van der Waals surface area contributed by atoms with Crippen molar-refractivity contribution < 1.29 is 5.11 Å². The summed E-state index contributed by atoms with van der Waals surface area (Å²) in [5, 5.41) is 9.84. The zero-order valence-corrected chi connectivity index (χ0v) is 18.9. The fraction of sp³-hybridized carbons (Fsp3) is 0.333. The summed E-state index contributed by atoms with van der Waals surface area (Å²) in [5.41, 5.74) is 5.03. The molecule has 0 atom stereocenters. The van der Waals surface area contributed by atoms with Crippen LogP contribution in [0.1, 0.15) is 30.9 Å². The van der Waals surface area contributed by atoms with Gasteiger partial charge in [0.25, 0.3) is 3.93 Å². The first-order chi connectivity index (χ1) is 10.9. The van der Waals surface area contributed by atoms with Gasteiger partial charge in [0.2, 0.25) is 0 Å². The van der Waals surface area contributed by atoms with Gasteiger partial charge >= 0.3 is 0 Å². The largest absolute Gasteiger partial charge is 0.508 e. The molecule has 0 spiro atoms. The quantitative estimate of drug-likeness (QED) is 0.306. The van der Waals surface area contributed by atoms with Crippen LogP contribution in [0.3, 0.4) is 0 Å². The molecule has 124 valence electrons. The summed E-state index contributed by atoms with van der Waals surface area (Å²) in [6, 6.07) is 15.6. The van der Waals surface area contributed by atoms with Crippen LogP contribution in [0.5, 0.6) is 5.75 Å². The highest BCUT2D eigenvalue weighted by Gasteiger charge is 2.21. The Labute approximate surface area is 163 Å². The summed E-state index contributed by atoms with van der Waals surface area (Å²) in [6.07, 6.45) is 4.31. The van der Waals surface area contributed by atoms with E-state index in [9.17, 15) is 5.11 Å². The molecular weight excluding hydrogens is 500 g/mol. The molecule has 0 unspecified atom stereocenters. The van der Waals surface area contributed by atoms with E-state index in [4.69, 9.17) is 0 Å². The lowest BCUT2D eigenvalue weighted by Crippen LogP contribution is -2.06. The van der Waals surface area contributed by atoms with E-state index in [1.807, 2.05) is 12.1 Å². The lowest BCUT2D eigenvalue weighted by molar-refractivity contribution is 0.474. The minimum atomic E-state index is -1.56. The minimum absolute atomic E-state index is 0.339. The van der Waals surface area contributed by atoms with Gasteiger partial charge in [0.1, 0.15) is 5.75 Å². The first-order valence-electron chi connectivity index (χ1n) is 7.87. The van der Waals surface area contributed by atoms with E-state index in [1.165, 1.54) is 28.7 Å². The zero-order chi connectivity index (χ0) is 16.9. The van der Waals surface area contributed by atoms with Gasteiger partial charge in [-0.25, -0.2) is 0 Å². The van der Waals surface area contributed by atoms with Crippen molar-refractivity contribution in [2.24, 2.45) is 0 Å². The minimum Gasteiger partial charge on any atom is -0.508 e. The second-order valence-corrected chi connectivity index (χ2v) is 29.2. The molecule has 1 N–H and O–H groups in total. The number of phenolic OH excluding ortho intramolecular Hbond substituents is 1. The Kier molecular flexibility index (Phi) is 7.39. The Balaban J connectivity index is 2.20. The van der Waals surface area contributed by atoms with E-state index >= 15 is 0 Å². The molecule has 0 radical (unpaired) electrons. The normalized spacial score (nSPS) is 11.7. The molecule has 0 saturated carbocycles. The number of hydrogen-bond acceptors (Lipinski definition) is 1. The molecule has 0 aromatic heterocycles. The average molecular weight is 521 g/mol. The molecule has 2 aromatic carbocycles. The van der Waals surface area contributed by atoms with Crippen molar-refractivity contribution in [2.75, 3.05) is 0 Å². The average Bonchev–Trinajstić information content (AvgIpc) is 2.48. The molecule has 0 saturated heterocycles. The van der Waals surface area contributed by atoms with Crippen LogP contribution in [0.4, 0.5) is 0 Å². The standard InChI is InChI=1S/C18H21Br3OSi/c1-2-4-14-6-8-15(9-7-14)18-11-10-17(22)13-16(18)5-3-12-23(19,20)21/h6-11,13,22H,2-5,12H2,1H3. The van der Waals surface area contributed by atoms with Crippen LogP contribution >= 0.6 is 45.9 Å². The van der Waals surface area contributed by atoms with Crippen LogP contribution in [0.15, 0.2) is 42.5 Å². The van der Waals surface area contributed by atoms with Crippen molar-refractivity contribution in [1.82, 2.24) is 0 Å². The lowest BCUT2D eigenvalue weighted by atomic mass is 9.95. The highest BCUT2D eigenvalue weighted by atomic mass is 80.0. The first kappa shape index (κ1) is 19.2. The maximum Gasteiger partial charge on any atom is 0.267 e. The van der Waals surface area contributed by atoms with Crippen molar-refractivity contribution in [2.45, 2.75) is 38.7 Å². The summed E-state index contributed by atoms with van der Waals surface area (Å²) in [5.74, 6) is 0.339. The molecule has 0 heterocycles. The van der Waals surface area contributed by atoms with Crippen molar-refractivity contribution in [1.29, 1.82) is 0 Å². The van der Waals surface area contributed by atoms with Gasteiger partial charge in [0, 0.05) is 0 Å². The Morgan fingerprint density at radius 1 is 0.957 bits per heavy atom.